The van der Waals surface area contributed by atoms with Crippen molar-refractivity contribution in [3.05, 3.63) is 53.2 Å². The zero-order chi connectivity index (χ0) is 13.2. The first-order chi connectivity index (χ1) is 9.22. The molecule has 0 aliphatic carbocycles. The van der Waals surface area contributed by atoms with Gasteiger partial charge in [-0.1, -0.05) is 6.07 Å². The molecule has 19 heavy (non-hydrogen) atoms. The van der Waals surface area contributed by atoms with Gasteiger partial charge in [0, 0.05) is 23.5 Å². The zero-order valence-corrected chi connectivity index (χ0v) is 10.7. The first kappa shape index (κ1) is 11.7. The molecule has 1 aliphatic rings. The van der Waals surface area contributed by atoms with Gasteiger partial charge in [0.05, 0.1) is 0 Å². The van der Waals surface area contributed by atoms with Crippen molar-refractivity contribution in [1.29, 1.82) is 0 Å². The fourth-order valence-corrected chi connectivity index (χ4v) is 2.25. The van der Waals surface area contributed by atoms with Crippen LogP contribution in [0.5, 0.6) is 0 Å². The van der Waals surface area contributed by atoms with Gasteiger partial charge in [-0.2, -0.15) is 0 Å². The number of carbonyl (C=O) groups is 1. The number of anilines is 2. The Morgan fingerprint density at radius 3 is 3.05 bits per heavy atom. The van der Waals surface area contributed by atoms with Crippen molar-refractivity contribution in [2.75, 3.05) is 17.2 Å². The molecule has 1 aliphatic heterocycles. The molecule has 0 saturated heterocycles. The predicted molar refractivity (Wildman–Crippen MR) is 75.6 cm³/mol. The summed E-state index contributed by atoms with van der Waals surface area (Å²) in [7, 11) is 0. The van der Waals surface area contributed by atoms with Gasteiger partial charge < -0.3 is 10.6 Å². The van der Waals surface area contributed by atoms with E-state index in [2.05, 4.69) is 15.6 Å². The summed E-state index contributed by atoms with van der Waals surface area (Å²) in [4.78, 5) is 16.4. The molecule has 2 heterocycles. The van der Waals surface area contributed by atoms with Crippen LogP contribution in [0.4, 0.5) is 11.5 Å². The van der Waals surface area contributed by atoms with E-state index in [1.165, 1.54) is 5.56 Å². The minimum Gasteiger partial charge on any atom is -0.384 e. The number of fused-ring (bicyclic) bond motifs is 1. The Morgan fingerprint density at radius 1 is 1.32 bits per heavy atom. The second kappa shape index (κ2) is 4.72. The topological polar surface area (TPSA) is 54.0 Å². The maximum Gasteiger partial charge on any atom is 0.256 e. The number of nitrogens with one attached hydrogen (secondary N) is 2. The minimum absolute atomic E-state index is 0.118. The van der Waals surface area contributed by atoms with Crippen molar-refractivity contribution in [2.24, 2.45) is 0 Å². The highest BCUT2D eigenvalue weighted by Crippen LogP contribution is 2.23. The van der Waals surface area contributed by atoms with E-state index in [4.69, 9.17) is 0 Å². The predicted octanol–water partition coefficient (Wildman–Crippen LogP) is 2.61. The van der Waals surface area contributed by atoms with Gasteiger partial charge in [0.1, 0.15) is 5.82 Å². The first-order valence-corrected chi connectivity index (χ1v) is 6.34. The van der Waals surface area contributed by atoms with E-state index in [1.54, 1.807) is 6.07 Å². The maximum absolute atomic E-state index is 12.2. The van der Waals surface area contributed by atoms with E-state index in [1.807, 2.05) is 37.3 Å². The Morgan fingerprint density at radius 2 is 2.21 bits per heavy atom. The van der Waals surface area contributed by atoms with E-state index in [0.717, 1.165) is 24.3 Å². The molecular formula is C15H15N3O. The van der Waals surface area contributed by atoms with Gasteiger partial charge in [0.2, 0.25) is 0 Å². The van der Waals surface area contributed by atoms with Crippen molar-refractivity contribution < 1.29 is 4.79 Å². The summed E-state index contributed by atoms with van der Waals surface area (Å²) in [6.45, 7) is 2.84. The summed E-state index contributed by atoms with van der Waals surface area (Å²) in [5.74, 6) is 0.469. The molecule has 1 amide bonds. The lowest BCUT2D eigenvalue weighted by molar-refractivity contribution is 0.102. The maximum atomic E-state index is 12.2. The number of hydrogen-bond donors (Lipinski definition) is 2. The normalized spacial score (nSPS) is 12.7. The number of nitrogens with zero attached hydrogens (tertiary/aromatic N) is 1. The van der Waals surface area contributed by atoms with Crippen LogP contribution in [-0.2, 0) is 6.42 Å². The summed E-state index contributed by atoms with van der Waals surface area (Å²) in [5, 5.41) is 6.10. The van der Waals surface area contributed by atoms with Crippen LogP contribution in [0.1, 0.15) is 21.6 Å². The smallest absolute Gasteiger partial charge is 0.256 e. The lowest BCUT2D eigenvalue weighted by Crippen LogP contribution is -2.13. The van der Waals surface area contributed by atoms with Crippen molar-refractivity contribution in [1.82, 2.24) is 4.98 Å². The van der Waals surface area contributed by atoms with Crippen molar-refractivity contribution in [3.8, 4) is 0 Å². The Kier molecular flexibility index (Phi) is 2.91. The molecule has 0 spiro atoms. The molecule has 0 unspecified atom stereocenters. The molecule has 1 aromatic carbocycles. The van der Waals surface area contributed by atoms with Crippen LogP contribution < -0.4 is 10.6 Å². The molecule has 0 saturated carbocycles. The summed E-state index contributed by atoms with van der Waals surface area (Å²) in [6.07, 6.45) is 0.971. The Labute approximate surface area is 111 Å². The van der Waals surface area contributed by atoms with Crippen molar-refractivity contribution >= 4 is 17.4 Å². The molecule has 3 rings (SSSR count). The van der Waals surface area contributed by atoms with Gasteiger partial charge in [-0.25, -0.2) is 4.98 Å². The van der Waals surface area contributed by atoms with Crippen LogP contribution in [0.25, 0.3) is 0 Å². The molecule has 4 heteroatoms. The molecule has 0 bridgehead atoms. The van der Waals surface area contributed by atoms with Crippen LogP contribution in [0.3, 0.4) is 0 Å². The van der Waals surface area contributed by atoms with Gasteiger partial charge >= 0.3 is 0 Å². The average molecular weight is 253 g/mol. The minimum atomic E-state index is -0.118. The molecule has 0 radical (unpaired) electrons. The number of benzene rings is 1. The Bertz CT molecular complexity index is 637. The number of hydrogen-bond acceptors (Lipinski definition) is 3. The third-order valence-corrected chi connectivity index (χ3v) is 3.21. The quantitative estimate of drug-likeness (QED) is 0.865. The van der Waals surface area contributed by atoms with Crippen LogP contribution in [0, 0.1) is 6.92 Å². The number of aromatic nitrogens is 1. The van der Waals surface area contributed by atoms with Gasteiger partial charge in [0.15, 0.2) is 0 Å². The zero-order valence-electron chi connectivity index (χ0n) is 10.7. The molecule has 2 N–H and O–H groups in total. The summed E-state index contributed by atoms with van der Waals surface area (Å²) in [6, 6.07) is 11.3. The number of pyridine rings is 1. The summed E-state index contributed by atoms with van der Waals surface area (Å²) >= 11 is 0. The molecule has 0 atom stereocenters. The third kappa shape index (κ3) is 2.42. The van der Waals surface area contributed by atoms with Gasteiger partial charge in [0.25, 0.3) is 5.91 Å². The van der Waals surface area contributed by atoms with Crippen LogP contribution in [-0.4, -0.2) is 17.4 Å². The Hall–Kier alpha value is -2.36. The average Bonchev–Trinajstić information content (AvgIpc) is 2.85. The second-order valence-corrected chi connectivity index (χ2v) is 4.67. The van der Waals surface area contributed by atoms with Crippen LogP contribution in [0.2, 0.25) is 0 Å². The number of carbonyl (C=O) groups excluding carboxylic acids is 1. The first-order valence-electron chi connectivity index (χ1n) is 6.34. The van der Waals surface area contributed by atoms with Crippen molar-refractivity contribution in [3.63, 3.8) is 0 Å². The van der Waals surface area contributed by atoms with Gasteiger partial charge in [-0.05, 0) is 49.2 Å². The van der Waals surface area contributed by atoms with Gasteiger partial charge in [-0.3, -0.25) is 4.79 Å². The van der Waals surface area contributed by atoms with Crippen molar-refractivity contribution in [2.45, 2.75) is 13.3 Å². The molecule has 1 aromatic heterocycles. The number of amides is 1. The van der Waals surface area contributed by atoms with Gasteiger partial charge in [-0.15, -0.1) is 0 Å². The standard InChI is InChI=1S/C15H15N3O/c1-10-3-2-4-14(17-10)18-15(19)12-5-6-13-11(9-12)7-8-16-13/h2-6,9,16H,7-8H2,1H3,(H,17,18,19). The largest absolute Gasteiger partial charge is 0.384 e. The van der Waals surface area contributed by atoms with Crippen LogP contribution in [0.15, 0.2) is 36.4 Å². The molecule has 0 fully saturated rings. The second-order valence-electron chi connectivity index (χ2n) is 4.67. The van der Waals surface area contributed by atoms with E-state index >= 15 is 0 Å². The lowest BCUT2D eigenvalue weighted by atomic mass is 10.1. The third-order valence-electron chi connectivity index (χ3n) is 3.21. The van der Waals surface area contributed by atoms with Crippen LogP contribution >= 0.6 is 0 Å². The number of aryl methyl sites for hydroxylation is 1. The summed E-state index contributed by atoms with van der Waals surface area (Å²) < 4.78 is 0. The monoisotopic (exact) mass is 253 g/mol. The van der Waals surface area contributed by atoms with E-state index in [-0.39, 0.29) is 5.91 Å². The van der Waals surface area contributed by atoms with E-state index < -0.39 is 0 Å². The fourth-order valence-electron chi connectivity index (χ4n) is 2.25. The Balaban J connectivity index is 1.81. The highest BCUT2D eigenvalue weighted by Gasteiger charge is 2.13. The molecule has 96 valence electrons. The molecule has 4 nitrogen and oxygen atoms in total. The van der Waals surface area contributed by atoms with E-state index in [0.29, 0.717) is 11.4 Å². The summed E-state index contributed by atoms with van der Waals surface area (Å²) in [5.41, 5.74) is 3.89. The highest BCUT2D eigenvalue weighted by atomic mass is 16.1. The molecular weight excluding hydrogens is 238 g/mol. The molecule has 2 aromatic rings. The number of rotatable bonds is 2. The van der Waals surface area contributed by atoms with E-state index in [9.17, 15) is 4.79 Å². The fraction of sp³-hybridized carbons (Fsp3) is 0.200. The SMILES string of the molecule is Cc1cccc(NC(=O)c2ccc3c(c2)CCN3)n1. The lowest BCUT2D eigenvalue weighted by Gasteiger charge is -2.06. The highest BCUT2D eigenvalue weighted by molar-refractivity contribution is 6.04.